The number of aromatic nitrogens is 1. The van der Waals surface area contributed by atoms with E-state index in [4.69, 9.17) is 21.1 Å². The fourth-order valence-electron chi connectivity index (χ4n) is 3.34. The zero-order chi connectivity index (χ0) is 21.1. The lowest BCUT2D eigenvalue weighted by Crippen LogP contribution is -2.29. The molecule has 6 nitrogen and oxygen atoms in total. The van der Waals surface area contributed by atoms with Crippen LogP contribution in [0.25, 0.3) is 11.8 Å². The van der Waals surface area contributed by atoms with E-state index in [1.807, 2.05) is 36.6 Å². The molecule has 1 saturated heterocycles. The predicted molar refractivity (Wildman–Crippen MR) is 116 cm³/mol. The number of thioether (sulfide) groups is 1. The van der Waals surface area contributed by atoms with E-state index in [1.54, 1.807) is 26.4 Å². The lowest BCUT2D eigenvalue weighted by molar-refractivity contribution is -0.122. The molecular weight excluding hydrogens is 412 g/mol. The van der Waals surface area contributed by atoms with E-state index in [0.717, 1.165) is 34.4 Å². The summed E-state index contributed by atoms with van der Waals surface area (Å²) in [6.45, 7) is 4.79. The first-order valence-corrected chi connectivity index (χ1v) is 10.3. The Bertz CT molecular complexity index is 983. The summed E-state index contributed by atoms with van der Waals surface area (Å²) >= 11 is 7.16. The van der Waals surface area contributed by atoms with E-state index >= 15 is 0 Å². The molecule has 0 bridgehead atoms. The number of carbonyl (C=O) groups excluding carboxylic acids is 2. The molecule has 8 heteroatoms. The quantitative estimate of drug-likeness (QED) is 0.461. The van der Waals surface area contributed by atoms with Gasteiger partial charge in [0.2, 0.25) is 0 Å². The summed E-state index contributed by atoms with van der Waals surface area (Å²) in [5.41, 5.74) is 3.58. The number of aryl methyl sites for hydroxylation is 1. The standard InChI is InChI=1S/C21H23ClN2O4S/c1-13-10-15(11-19-20(25)23(21(26)29-19)8-5-9-27-3)14(2)24(13)17-12-16(22)6-7-18(17)28-4/h6-7,10-12H,5,8-9H2,1-4H3/b19-11+. The molecule has 0 aliphatic carbocycles. The van der Waals surface area contributed by atoms with Crippen LogP contribution in [0.4, 0.5) is 4.79 Å². The van der Waals surface area contributed by atoms with Gasteiger partial charge in [-0.2, -0.15) is 0 Å². The van der Waals surface area contributed by atoms with Crippen molar-refractivity contribution in [2.24, 2.45) is 0 Å². The van der Waals surface area contributed by atoms with E-state index in [2.05, 4.69) is 0 Å². The van der Waals surface area contributed by atoms with Gasteiger partial charge in [-0.3, -0.25) is 14.5 Å². The SMILES string of the molecule is COCCCN1C(=O)S/C(=C/c2cc(C)n(-c3cc(Cl)ccc3OC)c2C)C1=O. The number of halogens is 1. The lowest BCUT2D eigenvalue weighted by Gasteiger charge is -2.14. The molecule has 0 atom stereocenters. The number of rotatable bonds is 7. The molecule has 3 rings (SSSR count). The fourth-order valence-corrected chi connectivity index (χ4v) is 4.37. The van der Waals surface area contributed by atoms with Crippen LogP contribution in [0, 0.1) is 13.8 Å². The third-order valence-electron chi connectivity index (χ3n) is 4.74. The smallest absolute Gasteiger partial charge is 0.293 e. The molecule has 29 heavy (non-hydrogen) atoms. The molecular formula is C21H23ClN2O4S. The first-order valence-electron chi connectivity index (χ1n) is 9.14. The van der Waals surface area contributed by atoms with Gasteiger partial charge in [-0.15, -0.1) is 0 Å². The number of amides is 2. The zero-order valence-electron chi connectivity index (χ0n) is 16.8. The molecule has 1 aliphatic rings. The maximum absolute atomic E-state index is 12.7. The average Bonchev–Trinajstić information content (AvgIpc) is 3.11. The van der Waals surface area contributed by atoms with E-state index in [9.17, 15) is 9.59 Å². The third kappa shape index (κ3) is 4.37. The maximum atomic E-state index is 12.7. The second-order valence-electron chi connectivity index (χ2n) is 6.66. The largest absolute Gasteiger partial charge is 0.495 e. The summed E-state index contributed by atoms with van der Waals surface area (Å²) < 4.78 is 12.5. The van der Waals surface area contributed by atoms with Crippen LogP contribution >= 0.6 is 23.4 Å². The van der Waals surface area contributed by atoms with Crippen molar-refractivity contribution in [2.75, 3.05) is 27.4 Å². The van der Waals surface area contributed by atoms with Gasteiger partial charge in [-0.25, -0.2) is 0 Å². The van der Waals surface area contributed by atoms with Crippen molar-refractivity contribution in [1.82, 2.24) is 9.47 Å². The van der Waals surface area contributed by atoms with Gasteiger partial charge < -0.3 is 14.0 Å². The molecule has 0 spiro atoms. The summed E-state index contributed by atoms with van der Waals surface area (Å²) in [6, 6.07) is 7.42. The van der Waals surface area contributed by atoms with Crippen molar-refractivity contribution in [3.63, 3.8) is 0 Å². The molecule has 2 amide bonds. The molecule has 2 heterocycles. The van der Waals surface area contributed by atoms with E-state index < -0.39 is 0 Å². The summed E-state index contributed by atoms with van der Waals surface area (Å²) in [4.78, 5) is 26.6. The van der Waals surface area contributed by atoms with Gasteiger partial charge in [-0.05, 0) is 67.9 Å². The molecule has 0 unspecified atom stereocenters. The van der Waals surface area contributed by atoms with Crippen molar-refractivity contribution in [3.05, 3.63) is 51.1 Å². The number of carbonyl (C=O) groups is 2. The number of hydrogen-bond acceptors (Lipinski definition) is 5. The molecule has 1 aromatic heterocycles. The average molecular weight is 435 g/mol. The van der Waals surface area contributed by atoms with Gasteiger partial charge in [0.25, 0.3) is 11.1 Å². The third-order valence-corrected chi connectivity index (χ3v) is 5.88. The van der Waals surface area contributed by atoms with Crippen LogP contribution in [0.5, 0.6) is 5.75 Å². The molecule has 154 valence electrons. The molecule has 1 fully saturated rings. The predicted octanol–water partition coefficient (Wildman–Crippen LogP) is 4.83. The van der Waals surface area contributed by atoms with Gasteiger partial charge in [0, 0.05) is 36.7 Å². The molecule has 1 aromatic carbocycles. The van der Waals surface area contributed by atoms with Crippen molar-refractivity contribution < 1.29 is 19.1 Å². The van der Waals surface area contributed by atoms with Crippen LogP contribution in [0.1, 0.15) is 23.4 Å². The van der Waals surface area contributed by atoms with Crippen LogP contribution in [0.15, 0.2) is 29.2 Å². The first kappa shape index (κ1) is 21.5. The van der Waals surface area contributed by atoms with Gasteiger partial charge in [0.15, 0.2) is 0 Å². The number of imide groups is 1. The van der Waals surface area contributed by atoms with Crippen LogP contribution in [-0.2, 0) is 9.53 Å². The van der Waals surface area contributed by atoms with Crippen molar-refractivity contribution in [3.8, 4) is 11.4 Å². The Morgan fingerprint density at radius 3 is 2.62 bits per heavy atom. The van der Waals surface area contributed by atoms with Gasteiger partial charge >= 0.3 is 0 Å². The normalized spacial score (nSPS) is 15.6. The molecule has 2 aromatic rings. The van der Waals surface area contributed by atoms with Crippen LogP contribution in [0.3, 0.4) is 0 Å². The zero-order valence-corrected chi connectivity index (χ0v) is 18.4. The fraction of sp³-hybridized carbons (Fsp3) is 0.333. The summed E-state index contributed by atoms with van der Waals surface area (Å²) in [5.74, 6) is 0.433. The number of ether oxygens (including phenoxy) is 2. The highest BCUT2D eigenvalue weighted by molar-refractivity contribution is 8.18. The molecule has 1 aliphatic heterocycles. The Labute approximate surface area is 179 Å². The van der Waals surface area contributed by atoms with E-state index in [-0.39, 0.29) is 11.1 Å². The highest BCUT2D eigenvalue weighted by Crippen LogP contribution is 2.35. The first-order chi connectivity index (χ1) is 13.9. The molecule has 0 saturated carbocycles. The number of benzene rings is 1. The number of hydrogen-bond donors (Lipinski definition) is 0. The Balaban J connectivity index is 1.94. The Hall–Kier alpha value is -2.22. The Morgan fingerprint density at radius 1 is 1.17 bits per heavy atom. The number of methoxy groups -OCH3 is 2. The van der Waals surface area contributed by atoms with Crippen LogP contribution in [-0.4, -0.2) is 48.0 Å². The minimum Gasteiger partial charge on any atom is -0.495 e. The lowest BCUT2D eigenvalue weighted by atomic mass is 10.2. The molecule has 0 radical (unpaired) electrons. The monoisotopic (exact) mass is 434 g/mol. The van der Waals surface area contributed by atoms with Gasteiger partial charge in [0.05, 0.1) is 17.7 Å². The van der Waals surface area contributed by atoms with E-state index in [0.29, 0.717) is 35.2 Å². The second-order valence-corrected chi connectivity index (χ2v) is 8.09. The Morgan fingerprint density at radius 2 is 1.93 bits per heavy atom. The van der Waals surface area contributed by atoms with Gasteiger partial charge in [0.1, 0.15) is 5.75 Å². The minimum absolute atomic E-state index is 0.248. The second kappa shape index (κ2) is 9.07. The number of nitrogens with zero attached hydrogens (tertiary/aromatic N) is 2. The van der Waals surface area contributed by atoms with E-state index in [1.165, 1.54) is 4.90 Å². The van der Waals surface area contributed by atoms with Crippen molar-refractivity contribution >= 4 is 40.6 Å². The molecule has 0 N–H and O–H groups in total. The minimum atomic E-state index is -0.263. The van der Waals surface area contributed by atoms with Crippen molar-refractivity contribution in [1.29, 1.82) is 0 Å². The van der Waals surface area contributed by atoms with Crippen molar-refractivity contribution in [2.45, 2.75) is 20.3 Å². The van der Waals surface area contributed by atoms with Gasteiger partial charge in [-0.1, -0.05) is 11.6 Å². The topological polar surface area (TPSA) is 60.8 Å². The summed E-state index contributed by atoms with van der Waals surface area (Å²) in [7, 11) is 3.21. The summed E-state index contributed by atoms with van der Waals surface area (Å²) in [5, 5.41) is 0.356. The van der Waals surface area contributed by atoms with Crippen LogP contribution < -0.4 is 4.74 Å². The highest BCUT2D eigenvalue weighted by atomic mass is 35.5. The van der Waals surface area contributed by atoms with Crippen LogP contribution in [0.2, 0.25) is 5.02 Å². The Kier molecular flexibility index (Phi) is 6.72. The summed E-state index contributed by atoms with van der Waals surface area (Å²) in [6.07, 6.45) is 2.39. The maximum Gasteiger partial charge on any atom is 0.293 e. The highest BCUT2D eigenvalue weighted by Gasteiger charge is 2.34.